The summed E-state index contributed by atoms with van der Waals surface area (Å²) in [7, 11) is -2.23. The fourth-order valence-corrected chi connectivity index (χ4v) is 4.45. The largest absolute Gasteiger partial charge is 0.497 e. The van der Waals surface area contributed by atoms with E-state index in [0.717, 1.165) is 16.7 Å². The van der Waals surface area contributed by atoms with Crippen molar-refractivity contribution < 1.29 is 17.7 Å². The minimum absolute atomic E-state index is 0.128. The van der Waals surface area contributed by atoms with Crippen molar-refractivity contribution in [2.45, 2.75) is 39.1 Å². The molecule has 0 bridgehead atoms. The Bertz CT molecular complexity index is 1070. The molecule has 0 aliphatic rings. The number of nitrogens with zero attached hydrogens (tertiary/aromatic N) is 2. The smallest absolute Gasteiger partial charge is 0.264 e. The zero-order valence-corrected chi connectivity index (χ0v) is 17.5. The lowest BCUT2D eigenvalue weighted by atomic mass is 10.1. The number of benzene rings is 2. The lowest BCUT2D eigenvalue weighted by Gasteiger charge is -2.25. The quantitative estimate of drug-likeness (QED) is 0.616. The average Bonchev–Trinajstić information content (AvgIpc) is 2.99. The zero-order chi connectivity index (χ0) is 20.5. The first-order valence-electron chi connectivity index (χ1n) is 8.90. The minimum atomic E-state index is -3.80. The Morgan fingerprint density at radius 1 is 1.00 bits per heavy atom. The van der Waals surface area contributed by atoms with E-state index in [1.54, 1.807) is 57.4 Å². The number of ether oxygens (including phenoxy) is 1. The van der Waals surface area contributed by atoms with Crippen molar-refractivity contribution in [3.63, 3.8) is 0 Å². The summed E-state index contributed by atoms with van der Waals surface area (Å²) in [5.74, 6) is 1.26. The Morgan fingerprint density at radius 3 is 2.21 bits per heavy atom. The number of sulfonamides is 1. The maximum atomic E-state index is 13.5. The van der Waals surface area contributed by atoms with Crippen LogP contribution in [0.1, 0.15) is 28.1 Å². The predicted octanol–water partition coefficient (Wildman–Crippen LogP) is 4.31. The van der Waals surface area contributed by atoms with Gasteiger partial charge < -0.3 is 9.26 Å². The van der Waals surface area contributed by atoms with Gasteiger partial charge in [-0.2, -0.15) is 0 Å². The summed E-state index contributed by atoms with van der Waals surface area (Å²) in [6, 6.07) is 12.1. The van der Waals surface area contributed by atoms with Gasteiger partial charge >= 0.3 is 0 Å². The third-order valence-electron chi connectivity index (χ3n) is 4.91. The van der Waals surface area contributed by atoms with Crippen molar-refractivity contribution in [1.29, 1.82) is 0 Å². The molecule has 0 amide bonds. The van der Waals surface area contributed by atoms with E-state index in [-0.39, 0.29) is 11.4 Å². The second-order valence-electron chi connectivity index (χ2n) is 6.76. The second kappa shape index (κ2) is 7.67. The van der Waals surface area contributed by atoms with Crippen LogP contribution < -0.4 is 9.04 Å². The summed E-state index contributed by atoms with van der Waals surface area (Å²) in [5, 5.41) is 3.95. The fraction of sp³-hybridized carbons (Fsp3) is 0.286. The molecule has 2 aromatic carbocycles. The maximum Gasteiger partial charge on any atom is 0.264 e. The van der Waals surface area contributed by atoms with Crippen molar-refractivity contribution >= 4 is 15.7 Å². The maximum absolute atomic E-state index is 13.5. The van der Waals surface area contributed by atoms with Gasteiger partial charge in [-0.1, -0.05) is 11.2 Å². The van der Waals surface area contributed by atoms with Crippen molar-refractivity contribution in [3.8, 4) is 5.75 Å². The summed E-state index contributed by atoms with van der Waals surface area (Å²) in [6.07, 6.45) is 0. The van der Waals surface area contributed by atoms with Gasteiger partial charge in [0, 0.05) is 5.56 Å². The van der Waals surface area contributed by atoms with Crippen molar-refractivity contribution in [3.05, 3.63) is 70.6 Å². The molecule has 0 spiro atoms. The van der Waals surface area contributed by atoms with Gasteiger partial charge in [0.15, 0.2) is 0 Å². The molecule has 0 fully saturated rings. The lowest BCUT2D eigenvalue weighted by Crippen LogP contribution is -2.31. The SMILES string of the molecule is COc1ccc(N(Cc2c(C)noc2C)S(=O)(=O)c2ccc(C)c(C)c2)cc1. The van der Waals surface area contributed by atoms with Gasteiger partial charge in [0.2, 0.25) is 0 Å². The molecule has 0 atom stereocenters. The molecular formula is C21H24N2O4S. The number of aryl methyl sites for hydroxylation is 4. The Labute approximate surface area is 165 Å². The first kappa shape index (κ1) is 19.9. The highest BCUT2D eigenvalue weighted by Gasteiger charge is 2.27. The van der Waals surface area contributed by atoms with Crippen LogP contribution in [0.5, 0.6) is 5.75 Å². The summed E-state index contributed by atoms with van der Waals surface area (Å²) in [4.78, 5) is 0.248. The Hall–Kier alpha value is -2.80. The molecule has 0 N–H and O–H groups in total. The molecule has 0 aliphatic carbocycles. The van der Waals surface area contributed by atoms with E-state index in [1.807, 2.05) is 19.9 Å². The standard InChI is InChI=1S/C21H24N2O4S/c1-14-6-11-20(12-15(14)2)28(24,25)23(13-21-16(3)22-27-17(21)4)18-7-9-19(26-5)10-8-18/h6-12H,13H2,1-5H3. The third-order valence-corrected chi connectivity index (χ3v) is 6.68. The van der Waals surface area contributed by atoms with Crippen LogP contribution in [0.3, 0.4) is 0 Å². The molecule has 0 unspecified atom stereocenters. The van der Waals surface area contributed by atoms with Crippen LogP contribution >= 0.6 is 0 Å². The highest BCUT2D eigenvalue weighted by atomic mass is 32.2. The van der Waals surface area contributed by atoms with Gasteiger partial charge in [-0.15, -0.1) is 0 Å². The summed E-state index contributed by atoms with van der Waals surface area (Å²) in [6.45, 7) is 7.57. The molecular weight excluding hydrogens is 376 g/mol. The summed E-state index contributed by atoms with van der Waals surface area (Å²) < 4.78 is 38.9. The van der Waals surface area contributed by atoms with Crippen LogP contribution in [0.4, 0.5) is 5.69 Å². The van der Waals surface area contributed by atoms with Crippen molar-refractivity contribution in [1.82, 2.24) is 5.16 Å². The Balaban J connectivity index is 2.12. The molecule has 1 heterocycles. The molecule has 0 radical (unpaired) electrons. The van der Waals surface area contributed by atoms with Gasteiger partial charge in [-0.25, -0.2) is 8.42 Å². The molecule has 0 saturated carbocycles. The van der Waals surface area contributed by atoms with Crippen molar-refractivity contribution in [2.75, 3.05) is 11.4 Å². The number of hydrogen-bond donors (Lipinski definition) is 0. The Morgan fingerprint density at radius 2 is 1.68 bits per heavy atom. The summed E-state index contributed by atoms with van der Waals surface area (Å²) in [5.41, 5.74) is 3.93. The first-order valence-corrected chi connectivity index (χ1v) is 10.3. The molecule has 6 nitrogen and oxygen atoms in total. The lowest BCUT2D eigenvalue weighted by molar-refractivity contribution is 0.392. The van der Waals surface area contributed by atoms with E-state index in [1.165, 1.54) is 4.31 Å². The van der Waals surface area contributed by atoms with E-state index in [4.69, 9.17) is 9.26 Å². The number of aromatic nitrogens is 1. The molecule has 148 valence electrons. The topological polar surface area (TPSA) is 72.6 Å². The zero-order valence-electron chi connectivity index (χ0n) is 16.7. The van der Waals surface area contributed by atoms with Crippen molar-refractivity contribution in [2.24, 2.45) is 0 Å². The Kier molecular flexibility index (Phi) is 5.47. The molecule has 0 aliphatic heterocycles. The fourth-order valence-electron chi connectivity index (χ4n) is 2.94. The highest BCUT2D eigenvalue weighted by molar-refractivity contribution is 7.92. The third kappa shape index (κ3) is 3.75. The van der Waals surface area contributed by atoms with E-state index in [0.29, 0.717) is 22.9 Å². The number of anilines is 1. The van der Waals surface area contributed by atoms with E-state index in [2.05, 4.69) is 5.16 Å². The van der Waals surface area contributed by atoms with Crippen LogP contribution in [0, 0.1) is 27.7 Å². The van der Waals surface area contributed by atoms with E-state index in [9.17, 15) is 8.42 Å². The molecule has 28 heavy (non-hydrogen) atoms. The van der Waals surface area contributed by atoms with Gasteiger partial charge in [0.05, 0.1) is 29.9 Å². The molecule has 3 rings (SSSR count). The molecule has 3 aromatic rings. The predicted molar refractivity (Wildman–Crippen MR) is 108 cm³/mol. The summed E-state index contributed by atoms with van der Waals surface area (Å²) >= 11 is 0. The number of rotatable bonds is 6. The van der Waals surface area contributed by atoms with Crippen LogP contribution in [-0.2, 0) is 16.6 Å². The van der Waals surface area contributed by atoms with Crippen LogP contribution in [0.25, 0.3) is 0 Å². The van der Waals surface area contributed by atoms with Crippen LogP contribution in [0.15, 0.2) is 51.9 Å². The monoisotopic (exact) mass is 400 g/mol. The molecule has 1 aromatic heterocycles. The van der Waals surface area contributed by atoms with Crippen LogP contribution in [0.2, 0.25) is 0 Å². The highest BCUT2D eigenvalue weighted by Crippen LogP contribution is 2.30. The van der Waals surface area contributed by atoms with E-state index < -0.39 is 10.0 Å². The second-order valence-corrected chi connectivity index (χ2v) is 8.62. The van der Waals surface area contributed by atoms with E-state index >= 15 is 0 Å². The molecule has 0 saturated heterocycles. The average molecular weight is 401 g/mol. The number of hydrogen-bond acceptors (Lipinski definition) is 5. The van der Waals surface area contributed by atoms with Gasteiger partial charge in [0.1, 0.15) is 11.5 Å². The van der Waals surface area contributed by atoms with Gasteiger partial charge in [-0.3, -0.25) is 4.31 Å². The first-order chi connectivity index (χ1) is 13.2. The normalized spacial score (nSPS) is 11.5. The minimum Gasteiger partial charge on any atom is -0.497 e. The van der Waals surface area contributed by atoms with Crippen LogP contribution in [-0.4, -0.2) is 20.7 Å². The van der Waals surface area contributed by atoms with Gasteiger partial charge in [-0.05, 0) is 75.2 Å². The van der Waals surface area contributed by atoms with Gasteiger partial charge in [0.25, 0.3) is 10.0 Å². The number of methoxy groups -OCH3 is 1. The molecule has 7 heteroatoms.